The Morgan fingerprint density at radius 1 is 1.23 bits per heavy atom. The quantitative estimate of drug-likeness (QED) is 0.256. The molecule has 0 aliphatic carbocycles. The molecule has 0 aliphatic rings. The van der Waals surface area contributed by atoms with Crippen LogP contribution in [0.25, 0.3) is 11.3 Å². The predicted octanol–water partition coefficient (Wildman–Crippen LogP) is 3.47. The summed E-state index contributed by atoms with van der Waals surface area (Å²) in [7, 11) is 1.40. The summed E-state index contributed by atoms with van der Waals surface area (Å²) in [5.74, 6) is -0.129. The van der Waals surface area contributed by atoms with Gasteiger partial charge in [0.05, 0.1) is 28.7 Å². The number of nitrogens with one attached hydrogen (secondary N) is 2. The number of ether oxygens (including phenoxy) is 1. The molecule has 1 unspecified atom stereocenters. The number of aromatic nitrogens is 2. The molecule has 1 heterocycles. The number of nitro benzene ring substituents is 1. The number of nitro groups is 1. The van der Waals surface area contributed by atoms with Gasteiger partial charge < -0.3 is 15.0 Å². The lowest BCUT2D eigenvalue weighted by Crippen LogP contribution is -2.23. The smallest absolute Gasteiger partial charge is 0.271 e. The standard InChI is InChI=1S/C20H18N4O5S/c1-12(19(26)21-16-10-14(24(27)28)8-9-17(16)29-2)30-20-22-15(11-18(25)23-20)13-6-4-3-5-7-13/h3-12H,1-2H3,(H,21,26)(H,22,23,25). The Labute approximate surface area is 175 Å². The fourth-order valence-electron chi connectivity index (χ4n) is 2.61. The molecule has 30 heavy (non-hydrogen) atoms. The average molecular weight is 426 g/mol. The van der Waals surface area contributed by atoms with Gasteiger partial charge in [-0.25, -0.2) is 4.98 Å². The fraction of sp³-hybridized carbons (Fsp3) is 0.150. The average Bonchev–Trinajstić information content (AvgIpc) is 2.73. The third-order valence-corrected chi connectivity index (χ3v) is 5.08. The number of anilines is 1. The van der Waals surface area contributed by atoms with Crippen molar-refractivity contribution in [2.45, 2.75) is 17.3 Å². The van der Waals surface area contributed by atoms with Gasteiger partial charge in [0.15, 0.2) is 5.16 Å². The molecular weight excluding hydrogens is 408 g/mol. The first-order valence-electron chi connectivity index (χ1n) is 8.84. The third-order valence-electron chi connectivity index (χ3n) is 4.10. The van der Waals surface area contributed by atoms with Crippen molar-refractivity contribution in [1.29, 1.82) is 0 Å². The molecule has 0 aliphatic heterocycles. The minimum atomic E-state index is -0.650. The normalized spacial score (nSPS) is 11.5. The largest absolute Gasteiger partial charge is 0.495 e. The zero-order valence-corrected chi connectivity index (χ0v) is 16.9. The molecule has 0 spiro atoms. The summed E-state index contributed by atoms with van der Waals surface area (Å²) in [6.45, 7) is 1.64. The minimum Gasteiger partial charge on any atom is -0.495 e. The highest BCUT2D eigenvalue weighted by Gasteiger charge is 2.20. The fourth-order valence-corrected chi connectivity index (χ4v) is 3.42. The number of carbonyl (C=O) groups excluding carboxylic acids is 1. The van der Waals surface area contributed by atoms with Crippen molar-refractivity contribution in [1.82, 2.24) is 9.97 Å². The van der Waals surface area contributed by atoms with Gasteiger partial charge in [-0.1, -0.05) is 42.1 Å². The van der Waals surface area contributed by atoms with Gasteiger partial charge in [0, 0.05) is 23.8 Å². The summed E-state index contributed by atoms with van der Waals surface area (Å²) < 4.78 is 5.16. The van der Waals surface area contributed by atoms with E-state index in [4.69, 9.17) is 4.74 Å². The van der Waals surface area contributed by atoms with Crippen LogP contribution in [0.3, 0.4) is 0 Å². The van der Waals surface area contributed by atoms with E-state index >= 15 is 0 Å². The summed E-state index contributed by atoms with van der Waals surface area (Å²) in [6, 6.07) is 14.5. The lowest BCUT2D eigenvalue weighted by molar-refractivity contribution is -0.384. The number of rotatable bonds is 7. The number of hydrogen-bond acceptors (Lipinski definition) is 7. The first-order chi connectivity index (χ1) is 14.4. The summed E-state index contributed by atoms with van der Waals surface area (Å²) in [6.07, 6.45) is 0. The van der Waals surface area contributed by atoms with Crippen LogP contribution in [0.2, 0.25) is 0 Å². The maximum absolute atomic E-state index is 12.6. The van der Waals surface area contributed by atoms with E-state index < -0.39 is 16.1 Å². The Balaban J connectivity index is 1.78. The first-order valence-corrected chi connectivity index (χ1v) is 9.72. The van der Waals surface area contributed by atoms with Crippen molar-refractivity contribution in [2.24, 2.45) is 0 Å². The summed E-state index contributed by atoms with van der Waals surface area (Å²) in [5, 5.41) is 13.3. The molecule has 0 bridgehead atoms. The number of hydrogen-bond donors (Lipinski definition) is 2. The molecule has 1 atom stereocenters. The number of non-ortho nitro benzene ring substituents is 1. The van der Waals surface area contributed by atoms with E-state index in [1.165, 1.54) is 31.4 Å². The van der Waals surface area contributed by atoms with Gasteiger partial charge in [0.2, 0.25) is 5.91 Å². The molecule has 0 saturated heterocycles. The Bertz CT molecular complexity index is 1130. The monoisotopic (exact) mass is 426 g/mol. The van der Waals surface area contributed by atoms with E-state index in [-0.39, 0.29) is 22.1 Å². The summed E-state index contributed by atoms with van der Waals surface area (Å²) in [4.78, 5) is 42.1. The van der Waals surface area contributed by atoms with Gasteiger partial charge in [-0.05, 0) is 13.0 Å². The Morgan fingerprint density at radius 2 is 1.97 bits per heavy atom. The minimum absolute atomic E-state index is 0.173. The third kappa shape index (κ3) is 5.03. The number of H-pyrrole nitrogens is 1. The van der Waals surface area contributed by atoms with E-state index in [9.17, 15) is 19.7 Å². The Kier molecular flexibility index (Phi) is 6.48. The number of amides is 1. The van der Waals surface area contributed by atoms with Crippen LogP contribution in [0.1, 0.15) is 6.92 Å². The van der Waals surface area contributed by atoms with Crippen molar-refractivity contribution < 1.29 is 14.5 Å². The maximum atomic E-state index is 12.6. The molecular formula is C20H18N4O5S. The van der Waals surface area contributed by atoms with Crippen LogP contribution < -0.4 is 15.6 Å². The second kappa shape index (κ2) is 9.23. The Hall–Kier alpha value is -3.66. The zero-order valence-electron chi connectivity index (χ0n) is 16.1. The van der Waals surface area contributed by atoms with Crippen LogP contribution in [0.4, 0.5) is 11.4 Å². The van der Waals surface area contributed by atoms with Crippen molar-refractivity contribution in [3.63, 3.8) is 0 Å². The van der Waals surface area contributed by atoms with Gasteiger partial charge in [-0.2, -0.15) is 0 Å². The SMILES string of the molecule is COc1ccc([N+](=O)[O-])cc1NC(=O)C(C)Sc1nc(-c2ccccc2)cc(=O)[nH]1. The van der Waals surface area contributed by atoms with Crippen LogP contribution in [0.5, 0.6) is 5.75 Å². The van der Waals surface area contributed by atoms with Crippen molar-refractivity contribution in [3.05, 3.63) is 75.1 Å². The second-order valence-electron chi connectivity index (χ2n) is 6.19. The van der Waals surface area contributed by atoms with E-state index in [0.717, 1.165) is 17.3 Å². The van der Waals surface area contributed by atoms with Gasteiger partial charge in [0.25, 0.3) is 11.2 Å². The van der Waals surface area contributed by atoms with Crippen molar-refractivity contribution in [2.75, 3.05) is 12.4 Å². The molecule has 0 fully saturated rings. The lowest BCUT2D eigenvalue weighted by Gasteiger charge is -2.14. The van der Waals surface area contributed by atoms with E-state index in [0.29, 0.717) is 11.4 Å². The van der Waals surface area contributed by atoms with Gasteiger partial charge in [-0.15, -0.1) is 0 Å². The molecule has 2 N–H and O–H groups in total. The molecule has 3 rings (SSSR count). The van der Waals surface area contributed by atoms with Crippen LogP contribution in [0, 0.1) is 10.1 Å². The maximum Gasteiger partial charge on any atom is 0.271 e. The van der Waals surface area contributed by atoms with Crippen LogP contribution in [-0.4, -0.2) is 33.2 Å². The van der Waals surface area contributed by atoms with Crippen LogP contribution in [0.15, 0.2) is 64.5 Å². The number of thioether (sulfide) groups is 1. The highest BCUT2D eigenvalue weighted by Crippen LogP contribution is 2.30. The van der Waals surface area contributed by atoms with E-state index in [2.05, 4.69) is 15.3 Å². The van der Waals surface area contributed by atoms with Crippen molar-refractivity contribution in [3.8, 4) is 17.0 Å². The second-order valence-corrected chi connectivity index (χ2v) is 7.52. The number of nitrogens with zero attached hydrogens (tertiary/aromatic N) is 2. The van der Waals surface area contributed by atoms with Crippen LogP contribution in [-0.2, 0) is 4.79 Å². The molecule has 2 aromatic carbocycles. The molecule has 10 heteroatoms. The van der Waals surface area contributed by atoms with Gasteiger partial charge in [0.1, 0.15) is 5.75 Å². The van der Waals surface area contributed by atoms with Crippen LogP contribution >= 0.6 is 11.8 Å². The van der Waals surface area contributed by atoms with Gasteiger partial charge in [-0.3, -0.25) is 19.7 Å². The van der Waals surface area contributed by atoms with Gasteiger partial charge >= 0.3 is 0 Å². The highest BCUT2D eigenvalue weighted by atomic mass is 32.2. The summed E-state index contributed by atoms with van der Waals surface area (Å²) >= 11 is 1.06. The molecule has 3 aromatic rings. The summed E-state index contributed by atoms with van der Waals surface area (Å²) in [5.41, 5.74) is 0.953. The number of methoxy groups -OCH3 is 1. The molecule has 1 aromatic heterocycles. The molecule has 154 valence electrons. The van der Waals surface area contributed by atoms with Crippen molar-refractivity contribution >= 4 is 29.0 Å². The number of aromatic amines is 1. The molecule has 0 radical (unpaired) electrons. The first kappa shape index (κ1) is 21.1. The molecule has 9 nitrogen and oxygen atoms in total. The Morgan fingerprint density at radius 3 is 2.63 bits per heavy atom. The van der Waals surface area contributed by atoms with E-state index in [1.54, 1.807) is 6.92 Å². The predicted molar refractivity (Wildman–Crippen MR) is 114 cm³/mol. The topological polar surface area (TPSA) is 127 Å². The highest BCUT2D eigenvalue weighted by molar-refractivity contribution is 8.00. The number of carbonyl (C=O) groups is 1. The zero-order chi connectivity index (χ0) is 21.7. The molecule has 0 saturated carbocycles. The molecule has 1 amide bonds. The lowest BCUT2D eigenvalue weighted by atomic mass is 10.1. The number of benzene rings is 2. The van der Waals surface area contributed by atoms with E-state index in [1.807, 2.05) is 30.3 Å².